The van der Waals surface area contributed by atoms with Crippen LogP contribution in [0.3, 0.4) is 0 Å². The van der Waals surface area contributed by atoms with Gasteiger partial charge in [-0.25, -0.2) is 4.98 Å². The first-order chi connectivity index (χ1) is 8.61. The topological polar surface area (TPSA) is 51.4 Å². The third kappa shape index (κ3) is 2.99. The van der Waals surface area contributed by atoms with Crippen molar-refractivity contribution in [1.82, 2.24) is 4.98 Å². The summed E-state index contributed by atoms with van der Waals surface area (Å²) in [4.78, 5) is 6.38. The Hall–Kier alpha value is -0.710. The lowest BCUT2D eigenvalue weighted by Gasteiger charge is -2.33. The second-order valence-corrected chi connectivity index (χ2v) is 5.14. The second kappa shape index (κ2) is 5.95. The van der Waals surface area contributed by atoms with Crippen LogP contribution in [0, 0.1) is 0 Å². The van der Waals surface area contributed by atoms with Gasteiger partial charge in [0.1, 0.15) is 11.6 Å². The highest BCUT2D eigenvalue weighted by Crippen LogP contribution is 2.31. The van der Waals surface area contributed by atoms with E-state index in [0.717, 1.165) is 32.5 Å². The molecule has 2 rings (SSSR count). The van der Waals surface area contributed by atoms with Gasteiger partial charge in [0, 0.05) is 19.7 Å². The van der Waals surface area contributed by atoms with Crippen molar-refractivity contribution in [1.29, 1.82) is 0 Å². The van der Waals surface area contributed by atoms with E-state index in [4.69, 9.17) is 33.7 Å². The molecule has 100 valence electrons. The Morgan fingerprint density at radius 2 is 2.28 bits per heavy atom. The third-order valence-corrected chi connectivity index (χ3v) is 3.60. The Balaban J connectivity index is 2.18. The first kappa shape index (κ1) is 13.7. The van der Waals surface area contributed by atoms with Crippen LogP contribution >= 0.6 is 23.2 Å². The zero-order valence-corrected chi connectivity index (χ0v) is 11.8. The molecule has 1 aromatic heterocycles. The van der Waals surface area contributed by atoms with Gasteiger partial charge in [-0.2, -0.15) is 0 Å². The van der Waals surface area contributed by atoms with E-state index in [1.165, 1.54) is 0 Å². The van der Waals surface area contributed by atoms with Gasteiger partial charge in [-0.1, -0.05) is 23.2 Å². The Labute approximate surface area is 117 Å². The maximum atomic E-state index is 6.17. The molecule has 1 aliphatic rings. The fourth-order valence-electron chi connectivity index (χ4n) is 2.19. The second-order valence-electron chi connectivity index (χ2n) is 4.33. The lowest BCUT2D eigenvalue weighted by atomic mass is 10.1. The van der Waals surface area contributed by atoms with Crippen molar-refractivity contribution in [2.75, 3.05) is 30.3 Å². The smallest absolute Gasteiger partial charge is 0.150 e. The number of rotatable bonds is 3. The summed E-state index contributed by atoms with van der Waals surface area (Å²) in [5, 5.41) is 0.925. The van der Waals surface area contributed by atoms with Crippen LogP contribution < -0.4 is 10.6 Å². The number of pyridine rings is 1. The Kier molecular flexibility index (Phi) is 4.54. The number of nitrogen functional groups attached to an aromatic ring is 1. The van der Waals surface area contributed by atoms with Gasteiger partial charge in [0.25, 0.3) is 0 Å². The summed E-state index contributed by atoms with van der Waals surface area (Å²) in [7, 11) is 0. The SMILES string of the molecule is CCOC1CCCN(c2nc(N)c(Cl)cc2Cl)C1. The van der Waals surface area contributed by atoms with Gasteiger partial charge in [-0.05, 0) is 25.8 Å². The summed E-state index contributed by atoms with van der Waals surface area (Å²) in [5.74, 6) is 1.01. The van der Waals surface area contributed by atoms with Crippen LogP contribution in [0.15, 0.2) is 6.07 Å². The first-order valence-electron chi connectivity index (χ1n) is 6.10. The average molecular weight is 290 g/mol. The number of aromatic nitrogens is 1. The molecule has 2 N–H and O–H groups in total. The monoisotopic (exact) mass is 289 g/mol. The minimum absolute atomic E-state index is 0.235. The van der Waals surface area contributed by atoms with Crippen molar-refractivity contribution >= 4 is 34.8 Å². The molecule has 0 amide bonds. The molecule has 1 fully saturated rings. The van der Waals surface area contributed by atoms with E-state index in [-0.39, 0.29) is 6.10 Å². The van der Waals surface area contributed by atoms with Gasteiger partial charge >= 0.3 is 0 Å². The molecule has 0 saturated carbocycles. The first-order valence-corrected chi connectivity index (χ1v) is 6.85. The van der Waals surface area contributed by atoms with E-state index >= 15 is 0 Å². The van der Waals surface area contributed by atoms with Crippen molar-refractivity contribution in [3.05, 3.63) is 16.1 Å². The Morgan fingerprint density at radius 1 is 1.50 bits per heavy atom. The number of nitrogens with two attached hydrogens (primary N) is 1. The van der Waals surface area contributed by atoms with Gasteiger partial charge < -0.3 is 15.4 Å². The van der Waals surface area contributed by atoms with E-state index < -0.39 is 0 Å². The molecule has 1 atom stereocenters. The van der Waals surface area contributed by atoms with Crippen LogP contribution in [-0.4, -0.2) is 30.8 Å². The molecule has 0 bridgehead atoms. The largest absolute Gasteiger partial charge is 0.382 e. The zero-order valence-electron chi connectivity index (χ0n) is 10.3. The molecule has 1 aliphatic heterocycles. The summed E-state index contributed by atoms with van der Waals surface area (Å²) >= 11 is 12.1. The lowest BCUT2D eigenvalue weighted by Crippen LogP contribution is -2.40. The van der Waals surface area contributed by atoms with E-state index in [1.54, 1.807) is 6.07 Å². The lowest BCUT2D eigenvalue weighted by molar-refractivity contribution is 0.0525. The van der Waals surface area contributed by atoms with Crippen LogP contribution in [0.25, 0.3) is 0 Å². The van der Waals surface area contributed by atoms with E-state index in [1.807, 2.05) is 6.92 Å². The van der Waals surface area contributed by atoms with Crippen LogP contribution in [0.4, 0.5) is 11.6 Å². The maximum absolute atomic E-state index is 6.17. The van der Waals surface area contributed by atoms with Gasteiger partial charge in [-0.3, -0.25) is 0 Å². The molecule has 18 heavy (non-hydrogen) atoms. The molecule has 0 radical (unpaired) electrons. The average Bonchev–Trinajstić information content (AvgIpc) is 2.34. The quantitative estimate of drug-likeness (QED) is 0.929. The normalized spacial score (nSPS) is 20.2. The minimum atomic E-state index is 0.235. The molecule has 0 aliphatic carbocycles. The molecule has 0 aromatic carbocycles. The van der Waals surface area contributed by atoms with Gasteiger partial charge in [-0.15, -0.1) is 0 Å². The maximum Gasteiger partial charge on any atom is 0.150 e. The molecule has 1 saturated heterocycles. The molecule has 0 spiro atoms. The number of hydrogen-bond donors (Lipinski definition) is 1. The standard InChI is InChI=1S/C12H17Cl2N3O/c1-2-18-8-4-3-5-17(7-8)12-10(14)6-9(13)11(15)16-12/h6,8H,2-5,7H2,1H3,(H2,15,16). The van der Waals surface area contributed by atoms with Crippen LogP contribution in [-0.2, 0) is 4.74 Å². The van der Waals surface area contributed by atoms with Gasteiger partial charge in [0.15, 0.2) is 0 Å². The summed E-state index contributed by atoms with van der Waals surface area (Å²) in [6.45, 7) is 4.44. The molecular weight excluding hydrogens is 273 g/mol. The minimum Gasteiger partial charge on any atom is -0.382 e. The van der Waals surface area contributed by atoms with Gasteiger partial charge in [0.2, 0.25) is 0 Å². The van der Waals surface area contributed by atoms with E-state index in [0.29, 0.717) is 21.7 Å². The van der Waals surface area contributed by atoms with Crippen molar-refractivity contribution < 1.29 is 4.74 Å². The van der Waals surface area contributed by atoms with Crippen LogP contribution in [0.2, 0.25) is 10.0 Å². The molecular formula is C12H17Cl2N3O. The number of ether oxygens (including phenoxy) is 1. The number of nitrogens with zero attached hydrogens (tertiary/aromatic N) is 2. The highest BCUT2D eigenvalue weighted by Gasteiger charge is 2.23. The molecule has 4 nitrogen and oxygen atoms in total. The zero-order chi connectivity index (χ0) is 13.1. The predicted molar refractivity (Wildman–Crippen MR) is 75.5 cm³/mol. The van der Waals surface area contributed by atoms with Crippen molar-refractivity contribution in [3.8, 4) is 0 Å². The fraction of sp³-hybridized carbons (Fsp3) is 0.583. The summed E-state index contributed by atoms with van der Waals surface area (Å²) in [6.07, 6.45) is 2.37. The summed E-state index contributed by atoms with van der Waals surface area (Å²) in [5.41, 5.74) is 5.73. The van der Waals surface area contributed by atoms with Crippen molar-refractivity contribution in [2.24, 2.45) is 0 Å². The highest BCUT2D eigenvalue weighted by atomic mass is 35.5. The predicted octanol–water partition coefficient (Wildman–Crippen LogP) is 2.98. The number of anilines is 2. The van der Waals surface area contributed by atoms with Gasteiger partial charge in [0.05, 0.1) is 16.1 Å². The van der Waals surface area contributed by atoms with Crippen molar-refractivity contribution in [3.63, 3.8) is 0 Å². The Bertz CT molecular complexity index is 426. The molecule has 1 unspecified atom stereocenters. The fourth-order valence-corrected chi connectivity index (χ4v) is 2.67. The van der Waals surface area contributed by atoms with Crippen LogP contribution in [0.1, 0.15) is 19.8 Å². The number of hydrogen-bond acceptors (Lipinski definition) is 4. The number of piperidine rings is 1. The van der Waals surface area contributed by atoms with Crippen molar-refractivity contribution in [2.45, 2.75) is 25.9 Å². The Morgan fingerprint density at radius 3 is 3.00 bits per heavy atom. The molecule has 6 heteroatoms. The summed E-state index contributed by atoms with van der Waals surface area (Å²) < 4.78 is 5.66. The van der Waals surface area contributed by atoms with E-state index in [9.17, 15) is 0 Å². The van der Waals surface area contributed by atoms with E-state index in [2.05, 4.69) is 9.88 Å². The number of halogens is 2. The van der Waals surface area contributed by atoms with Crippen LogP contribution in [0.5, 0.6) is 0 Å². The third-order valence-electron chi connectivity index (χ3n) is 3.02. The molecule has 1 aromatic rings. The summed E-state index contributed by atoms with van der Waals surface area (Å²) in [6, 6.07) is 1.64. The molecule has 2 heterocycles. The highest BCUT2D eigenvalue weighted by molar-refractivity contribution is 6.37.